The smallest absolute Gasteiger partial charge is 0.357 e. The van der Waals surface area contributed by atoms with Crippen LogP contribution in [0.15, 0.2) is 109 Å². The van der Waals surface area contributed by atoms with Crippen LogP contribution in [0, 0.1) is 0 Å². The Kier molecular flexibility index (Phi) is 7.78. The molecule has 0 fully saturated rings. The third kappa shape index (κ3) is 4.79. The summed E-state index contributed by atoms with van der Waals surface area (Å²) in [6.45, 7) is 3.97. The number of aromatic nitrogens is 8. The van der Waals surface area contributed by atoms with E-state index in [4.69, 9.17) is 0 Å². The average Bonchev–Trinajstić information content (AvgIpc) is 3.84. The summed E-state index contributed by atoms with van der Waals surface area (Å²) < 4.78 is 31.9. The Morgan fingerprint density at radius 3 is 2.12 bits per heavy atom. The van der Waals surface area contributed by atoms with Crippen molar-refractivity contribution in [2.75, 3.05) is 10.6 Å². The largest absolute Gasteiger partial charge is 0.362 e. The molecule has 1 amide bonds. The summed E-state index contributed by atoms with van der Waals surface area (Å²) in [7, 11) is 0. The number of quaternary nitrogens is 1. The van der Waals surface area contributed by atoms with Gasteiger partial charge in [-0.2, -0.15) is 4.48 Å². The molecule has 6 aromatic rings. The second kappa shape index (κ2) is 12.4. The maximum atomic E-state index is 16.3. The Morgan fingerprint density at radius 1 is 0.804 bits per heavy atom. The molecule has 5 N–H and O–H groups in total. The zero-order valence-corrected chi connectivity index (χ0v) is 27.8. The van der Waals surface area contributed by atoms with Crippen molar-refractivity contribution in [1.82, 2.24) is 49.7 Å². The summed E-state index contributed by atoms with van der Waals surface area (Å²) in [5, 5.41) is 11.0. The van der Waals surface area contributed by atoms with Crippen LogP contribution in [-0.4, -0.2) is 69.4 Å². The van der Waals surface area contributed by atoms with Crippen LogP contribution < -0.4 is 20.4 Å². The van der Waals surface area contributed by atoms with Crippen molar-refractivity contribution in [2.24, 2.45) is 0 Å². The van der Waals surface area contributed by atoms with Gasteiger partial charge in [-0.25, -0.2) is 43.5 Å². The van der Waals surface area contributed by atoms with E-state index in [1.54, 1.807) is 6.08 Å². The van der Waals surface area contributed by atoms with Crippen molar-refractivity contribution >= 4 is 51.2 Å². The number of carbonyl (C=O) groups excluding carboxylic acids is 1. The molecular formula is C36H35F2N12O+. The van der Waals surface area contributed by atoms with E-state index < -0.39 is 46.1 Å². The van der Waals surface area contributed by atoms with Gasteiger partial charge in [0.05, 0.1) is 18.4 Å². The molecule has 258 valence electrons. The molecule has 4 aromatic heterocycles. The van der Waals surface area contributed by atoms with Gasteiger partial charge in [0.15, 0.2) is 22.9 Å². The monoisotopic (exact) mass is 689 g/mol. The molecule has 0 bridgehead atoms. The number of hydrogen-bond donors (Lipinski definition) is 5. The topological polar surface area (TPSA) is 162 Å². The number of amides is 1. The lowest BCUT2D eigenvalue weighted by Gasteiger charge is -2.59. The highest BCUT2D eigenvalue weighted by Crippen LogP contribution is 2.54. The van der Waals surface area contributed by atoms with Gasteiger partial charge in [-0.3, -0.25) is 0 Å². The molecule has 3 atom stereocenters. The number of carbonyl (C=O) groups is 1. The third-order valence-corrected chi connectivity index (χ3v) is 9.93. The third-order valence-electron chi connectivity index (χ3n) is 9.93. The van der Waals surface area contributed by atoms with Gasteiger partial charge >= 0.3 is 5.91 Å². The number of alkyl halides is 2. The zero-order valence-electron chi connectivity index (χ0n) is 27.8. The second-order valence-electron chi connectivity index (χ2n) is 12.6. The van der Waals surface area contributed by atoms with Gasteiger partial charge in [-0.15, -0.1) is 0 Å². The van der Waals surface area contributed by atoms with E-state index in [1.165, 1.54) is 31.4 Å². The van der Waals surface area contributed by atoms with Crippen molar-refractivity contribution in [3.05, 3.63) is 109 Å². The van der Waals surface area contributed by atoms with Gasteiger partial charge in [-0.1, -0.05) is 56.3 Å². The number of para-hydroxylation sites is 2. The molecular weight excluding hydrogens is 654 g/mol. The fraction of sp³-hybridized carbons (Fsp3) is 0.250. The summed E-state index contributed by atoms with van der Waals surface area (Å²) in [5.74, 6) is -3.34. The summed E-state index contributed by atoms with van der Waals surface area (Å²) in [6.07, 6.45) is 9.12. The highest BCUT2D eigenvalue weighted by molar-refractivity contribution is 6.10. The minimum atomic E-state index is -3.44. The number of H-pyrrole nitrogens is 2. The molecule has 5 heterocycles. The normalized spacial score (nSPS) is 18.6. The number of anilines is 2. The Balaban J connectivity index is 1.49. The molecule has 0 saturated carbocycles. The molecule has 0 radical (unpaired) electrons. The summed E-state index contributed by atoms with van der Waals surface area (Å²) >= 11 is 0. The van der Waals surface area contributed by atoms with Gasteiger partial charge in [0.1, 0.15) is 52.7 Å². The molecule has 1 unspecified atom stereocenters. The lowest BCUT2D eigenvalue weighted by molar-refractivity contribution is -0.136. The predicted octanol–water partition coefficient (Wildman–Crippen LogP) is 6.12. The minimum absolute atomic E-state index is 0.0549. The van der Waals surface area contributed by atoms with Crippen LogP contribution >= 0.6 is 0 Å². The molecule has 2 aliphatic rings. The molecule has 8 rings (SSSR count). The number of halogens is 2. The Bertz CT molecular complexity index is 2160. The molecule has 0 saturated heterocycles. The fourth-order valence-electron chi connectivity index (χ4n) is 7.84. The number of aromatic amines is 2. The lowest BCUT2D eigenvalue weighted by atomic mass is 9.77. The quantitative estimate of drug-likeness (QED) is 0.106. The van der Waals surface area contributed by atoms with E-state index in [9.17, 15) is 0 Å². The van der Waals surface area contributed by atoms with Gasteiger partial charge < -0.3 is 25.9 Å². The van der Waals surface area contributed by atoms with Gasteiger partial charge in [0.25, 0.3) is 5.92 Å². The number of allylic oxidation sites excluding steroid dienone is 2. The Morgan fingerprint density at radius 2 is 1.43 bits per heavy atom. The second-order valence-corrected chi connectivity index (χ2v) is 12.6. The van der Waals surface area contributed by atoms with Crippen LogP contribution in [0.25, 0.3) is 22.3 Å². The number of benzene rings is 2. The SMILES string of the molecule is CC[C@H](Nc1ncnc2[nH]cnc12)C1([C@H](CC)Nc2ncnc3nc[nH]c23)NC2=C(C(=O)[N+]1(c1ccccc1)c1ccccc1)C(F)(F)CC=C2. The van der Waals surface area contributed by atoms with E-state index in [1.807, 2.05) is 74.5 Å². The number of fused-ring (bicyclic) bond motifs is 2. The molecule has 13 nitrogen and oxygen atoms in total. The zero-order chi connectivity index (χ0) is 35.2. The molecule has 0 spiro atoms. The van der Waals surface area contributed by atoms with E-state index in [2.05, 4.69) is 55.8 Å². The number of imidazole rings is 2. The van der Waals surface area contributed by atoms with E-state index in [0.29, 0.717) is 58.2 Å². The summed E-state index contributed by atoms with van der Waals surface area (Å²) in [4.78, 5) is 48.6. The Hall–Kier alpha value is -6.09. The fourth-order valence-corrected chi connectivity index (χ4v) is 7.84. The Labute approximate surface area is 291 Å². The van der Waals surface area contributed by atoms with Gasteiger partial charge in [0.2, 0.25) is 5.66 Å². The molecule has 15 heteroatoms. The van der Waals surface area contributed by atoms with Crippen LogP contribution in [0.1, 0.15) is 33.1 Å². The van der Waals surface area contributed by atoms with Crippen LogP contribution in [0.5, 0.6) is 0 Å². The van der Waals surface area contributed by atoms with Crippen molar-refractivity contribution < 1.29 is 13.6 Å². The number of nitrogens with one attached hydrogen (secondary N) is 5. The highest BCUT2D eigenvalue weighted by Gasteiger charge is 2.72. The first kappa shape index (κ1) is 32.1. The van der Waals surface area contributed by atoms with Crippen molar-refractivity contribution in [3.8, 4) is 0 Å². The number of hydrogen-bond acceptors (Lipinski definition) is 10. The summed E-state index contributed by atoms with van der Waals surface area (Å²) in [6, 6.07) is 16.8. The average molecular weight is 690 g/mol. The maximum Gasteiger partial charge on any atom is 0.362 e. The molecule has 1 aliphatic heterocycles. The van der Waals surface area contributed by atoms with Gasteiger partial charge in [0, 0.05) is 30.7 Å². The predicted molar refractivity (Wildman–Crippen MR) is 190 cm³/mol. The van der Waals surface area contributed by atoms with E-state index in [-0.39, 0.29) is 5.70 Å². The minimum Gasteiger partial charge on any atom is -0.357 e. The van der Waals surface area contributed by atoms with Crippen molar-refractivity contribution in [3.63, 3.8) is 0 Å². The maximum absolute atomic E-state index is 16.3. The van der Waals surface area contributed by atoms with Crippen LogP contribution in [0.4, 0.5) is 31.8 Å². The van der Waals surface area contributed by atoms with E-state index in [0.717, 1.165) is 0 Å². The van der Waals surface area contributed by atoms with Crippen LogP contribution in [-0.2, 0) is 4.79 Å². The van der Waals surface area contributed by atoms with Crippen LogP contribution in [0.2, 0.25) is 0 Å². The number of rotatable bonds is 10. The summed E-state index contributed by atoms with van der Waals surface area (Å²) in [5.41, 5.74) is 0.959. The lowest BCUT2D eigenvalue weighted by Crippen LogP contribution is -2.85. The van der Waals surface area contributed by atoms with Crippen molar-refractivity contribution in [2.45, 2.75) is 56.8 Å². The number of nitrogens with zero attached hydrogens (tertiary/aromatic N) is 7. The first-order valence-corrected chi connectivity index (χ1v) is 16.8. The first-order valence-electron chi connectivity index (χ1n) is 16.8. The molecule has 51 heavy (non-hydrogen) atoms. The molecule has 2 aromatic carbocycles. The first-order chi connectivity index (χ1) is 24.8. The molecule has 1 aliphatic carbocycles. The van der Waals surface area contributed by atoms with E-state index >= 15 is 13.6 Å². The highest BCUT2D eigenvalue weighted by atomic mass is 19.3. The van der Waals surface area contributed by atoms with Crippen LogP contribution in [0.3, 0.4) is 0 Å². The van der Waals surface area contributed by atoms with Gasteiger partial charge in [-0.05, 0) is 18.9 Å². The van der Waals surface area contributed by atoms with Crippen molar-refractivity contribution in [1.29, 1.82) is 0 Å². The standard InChI is InChI=1S/C36H34F2N12O/c1-3-25(47-32-28-30(41-18-39-28)43-20-45-32)36(26(4-2)48-33-29-31(42-19-40-29)44-21-46-33)49-24-16-11-17-35(37,38)27(24)34(51)50(36,22-12-7-5-8-13-22)23-14-9-6-10-15-23/h5-16,18-21,25-26H,3-4,17H2,1-2H3,(H4-,39,40,41,42,43,44,45,46,47,48,49,51)/p+1/t25-,26-/m0/s1.